The molecule has 0 aliphatic carbocycles. The number of nitrogens with zero attached hydrogens (tertiary/aromatic N) is 2. The van der Waals surface area contributed by atoms with Gasteiger partial charge in [0.25, 0.3) is 0 Å². The molecule has 2 fully saturated rings. The van der Waals surface area contributed by atoms with Crippen molar-refractivity contribution in [3.63, 3.8) is 0 Å². The molecular formula is C22H29N3O7. The molecule has 2 saturated heterocycles. The van der Waals surface area contributed by atoms with Crippen molar-refractivity contribution in [2.75, 3.05) is 6.54 Å². The van der Waals surface area contributed by atoms with Gasteiger partial charge in [0.2, 0.25) is 17.5 Å². The van der Waals surface area contributed by atoms with Crippen LogP contribution in [0.5, 0.6) is 0 Å². The average Bonchev–Trinajstić information content (AvgIpc) is 3.06. The van der Waals surface area contributed by atoms with Crippen molar-refractivity contribution in [1.82, 2.24) is 15.3 Å². The molecule has 10 heteroatoms. The molecule has 1 aromatic carbocycles. The van der Waals surface area contributed by atoms with Crippen LogP contribution in [0.25, 0.3) is 0 Å². The predicted molar refractivity (Wildman–Crippen MR) is 112 cm³/mol. The Morgan fingerprint density at radius 1 is 1.16 bits per heavy atom. The molecule has 0 aromatic heterocycles. The van der Waals surface area contributed by atoms with Crippen molar-refractivity contribution >= 4 is 23.9 Å². The number of carboxylic acid groups (broad SMARTS) is 1. The minimum Gasteiger partial charge on any atom is -0.478 e. The highest BCUT2D eigenvalue weighted by Crippen LogP contribution is 2.37. The second kappa shape index (κ2) is 9.25. The van der Waals surface area contributed by atoms with E-state index in [9.17, 15) is 24.3 Å². The van der Waals surface area contributed by atoms with Crippen molar-refractivity contribution in [1.29, 1.82) is 0 Å². The molecule has 2 N–H and O–H groups in total. The fourth-order valence-corrected chi connectivity index (χ4v) is 3.97. The Hall–Kier alpha value is -2.98. The third kappa shape index (κ3) is 4.91. The number of hydrogen-bond donors (Lipinski definition) is 2. The lowest BCUT2D eigenvalue weighted by molar-refractivity contribution is -0.183. The van der Waals surface area contributed by atoms with E-state index in [1.165, 1.54) is 0 Å². The van der Waals surface area contributed by atoms with Crippen LogP contribution in [0.2, 0.25) is 0 Å². The first kappa shape index (κ1) is 23.7. The summed E-state index contributed by atoms with van der Waals surface area (Å²) in [5.74, 6) is -2.67. The molecule has 2 atom stereocenters. The van der Waals surface area contributed by atoms with Crippen molar-refractivity contribution in [2.24, 2.45) is 0 Å². The molecule has 2 aliphatic heterocycles. The van der Waals surface area contributed by atoms with Crippen LogP contribution in [0.4, 0.5) is 4.79 Å². The van der Waals surface area contributed by atoms with E-state index in [0.29, 0.717) is 0 Å². The maximum Gasteiger partial charge on any atom is 0.412 e. The van der Waals surface area contributed by atoms with Gasteiger partial charge in [-0.2, -0.15) is 5.48 Å². The summed E-state index contributed by atoms with van der Waals surface area (Å²) >= 11 is 0. The number of amides is 3. The van der Waals surface area contributed by atoms with Crippen molar-refractivity contribution in [3.8, 4) is 0 Å². The minimum absolute atomic E-state index is 0.0854. The molecule has 1 aromatic rings. The van der Waals surface area contributed by atoms with Gasteiger partial charge in [-0.15, -0.1) is 0 Å². The SMILES string of the molecule is CC(C)(C)OC(=O)N1C[C@H](NOCc2ccccc2)CC[C@]1(C(=O)O)N1C(=O)CCC1=O. The number of hydrogen-bond acceptors (Lipinski definition) is 7. The van der Waals surface area contributed by atoms with Crippen LogP contribution < -0.4 is 5.48 Å². The molecule has 2 heterocycles. The molecule has 0 unspecified atom stereocenters. The second-order valence-electron chi connectivity index (χ2n) is 8.96. The van der Waals surface area contributed by atoms with E-state index >= 15 is 0 Å². The van der Waals surface area contributed by atoms with Gasteiger partial charge in [0.1, 0.15) is 5.60 Å². The van der Waals surface area contributed by atoms with Crippen molar-refractivity contribution < 1.29 is 33.9 Å². The smallest absolute Gasteiger partial charge is 0.412 e. The summed E-state index contributed by atoms with van der Waals surface area (Å²) in [5, 5.41) is 10.2. The number of rotatable bonds is 6. The van der Waals surface area contributed by atoms with Crippen LogP contribution in [-0.2, 0) is 30.6 Å². The van der Waals surface area contributed by atoms with Crippen LogP contribution in [0.3, 0.4) is 0 Å². The number of carboxylic acids is 1. The summed E-state index contributed by atoms with van der Waals surface area (Å²) in [6.07, 6.45) is -0.972. The Bertz CT molecular complexity index is 867. The fraction of sp³-hybridized carbons (Fsp3) is 0.545. The van der Waals surface area contributed by atoms with Crippen LogP contribution in [-0.4, -0.2) is 62.6 Å². The van der Waals surface area contributed by atoms with E-state index in [4.69, 9.17) is 9.57 Å². The maximum atomic E-state index is 13.1. The van der Waals surface area contributed by atoms with Gasteiger partial charge in [0.15, 0.2) is 0 Å². The number of piperidine rings is 1. The first-order valence-electron chi connectivity index (χ1n) is 10.6. The number of hydroxylamine groups is 1. The largest absolute Gasteiger partial charge is 0.478 e. The van der Waals surface area contributed by atoms with E-state index in [2.05, 4.69) is 5.48 Å². The van der Waals surface area contributed by atoms with Gasteiger partial charge in [0, 0.05) is 25.8 Å². The van der Waals surface area contributed by atoms with Crippen LogP contribution >= 0.6 is 0 Å². The highest BCUT2D eigenvalue weighted by Gasteiger charge is 2.60. The van der Waals surface area contributed by atoms with E-state index in [0.717, 1.165) is 15.4 Å². The summed E-state index contributed by atoms with van der Waals surface area (Å²) in [5.41, 5.74) is 0.782. The molecular weight excluding hydrogens is 418 g/mol. The highest BCUT2D eigenvalue weighted by molar-refractivity contribution is 6.06. The molecule has 0 radical (unpaired) electrons. The highest BCUT2D eigenvalue weighted by atomic mass is 16.6. The summed E-state index contributed by atoms with van der Waals surface area (Å²) in [6.45, 7) is 5.12. The summed E-state index contributed by atoms with van der Waals surface area (Å²) in [7, 11) is 0. The molecule has 32 heavy (non-hydrogen) atoms. The Morgan fingerprint density at radius 2 is 1.78 bits per heavy atom. The van der Waals surface area contributed by atoms with Crippen LogP contribution in [0.15, 0.2) is 30.3 Å². The minimum atomic E-state index is -2.13. The molecule has 10 nitrogen and oxygen atoms in total. The Kier molecular flexibility index (Phi) is 6.85. The molecule has 0 spiro atoms. The van der Waals surface area contributed by atoms with E-state index in [-0.39, 0.29) is 38.8 Å². The number of benzene rings is 1. The summed E-state index contributed by atoms with van der Waals surface area (Å²) in [4.78, 5) is 57.8. The Labute approximate surface area is 186 Å². The maximum absolute atomic E-state index is 13.1. The van der Waals surface area contributed by atoms with E-state index < -0.39 is 41.2 Å². The van der Waals surface area contributed by atoms with Gasteiger partial charge < -0.3 is 9.84 Å². The van der Waals surface area contributed by atoms with Gasteiger partial charge in [-0.3, -0.25) is 19.3 Å². The van der Waals surface area contributed by atoms with Gasteiger partial charge in [-0.25, -0.2) is 14.5 Å². The topological polar surface area (TPSA) is 125 Å². The summed E-state index contributed by atoms with van der Waals surface area (Å²) < 4.78 is 5.44. The number of carbonyl (C=O) groups excluding carboxylic acids is 3. The summed E-state index contributed by atoms with van der Waals surface area (Å²) in [6, 6.07) is 9.03. The number of likely N-dealkylation sites (tertiary alicyclic amines) is 2. The van der Waals surface area contributed by atoms with E-state index in [1.54, 1.807) is 20.8 Å². The third-order valence-electron chi connectivity index (χ3n) is 5.40. The monoisotopic (exact) mass is 447 g/mol. The lowest BCUT2D eigenvalue weighted by Crippen LogP contribution is -2.72. The van der Waals surface area contributed by atoms with Gasteiger partial charge in [-0.1, -0.05) is 30.3 Å². The molecule has 0 saturated carbocycles. The zero-order valence-electron chi connectivity index (χ0n) is 18.5. The third-order valence-corrected chi connectivity index (χ3v) is 5.40. The fourth-order valence-electron chi connectivity index (χ4n) is 3.97. The molecule has 3 amide bonds. The van der Waals surface area contributed by atoms with E-state index in [1.807, 2.05) is 30.3 Å². The van der Waals surface area contributed by atoms with Gasteiger partial charge in [0.05, 0.1) is 12.6 Å². The number of carbonyl (C=O) groups is 4. The van der Waals surface area contributed by atoms with Crippen LogP contribution in [0.1, 0.15) is 52.0 Å². The van der Waals surface area contributed by atoms with Gasteiger partial charge >= 0.3 is 12.1 Å². The van der Waals surface area contributed by atoms with Gasteiger partial charge in [-0.05, 0) is 32.8 Å². The standard InChI is InChI=1S/C22H29N3O7/c1-21(2,3)32-20(30)24-13-16(23-31-14-15-7-5-4-6-8-15)11-12-22(24,19(28)29)25-17(26)9-10-18(25)27/h4-8,16,23H,9-14H2,1-3H3,(H,28,29)/t16-,22-/m1/s1. The number of aliphatic carboxylic acids is 1. The number of ether oxygens (including phenoxy) is 1. The zero-order valence-corrected chi connectivity index (χ0v) is 18.5. The Balaban J connectivity index is 1.83. The lowest BCUT2D eigenvalue weighted by atomic mass is 9.91. The molecule has 2 aliphatic rings. The zero-order chi connectivity index (χ0) is 23.5. The second-order valence-corrected chi connectivity index (χ2v) is 8.96. The molecule has 174 valence electrons. The van der Waals surface area contributed by atoms with Crippen LogP contribution in [0, 0.1) is 0 Å². The molecule has 3 rings (SSSR count). The average molecular weight is 447 g/mol. The number of nitrogens with one attached hydrogen (secondary N) is 1. The molecule has 0 bridgehead atoms. The normalized spacial score (nSPS) is 24.0. The Morgan fingerprint density at radius 3 is 2.34 bits per heavy atom. The first-order valence-corrected chi connectivity index (χ1v) is 10.6. The predicted octanol–water partition coefficient (Wildman–Crippen LogP) is 2.04. The lowest BCUT2D eigenvalue weighted by Gasteiger charge is -2.49. The van der Waals surface area contributed by atoms with Crippen molar-refractivity contribution in [2.45, 2.75) is 70.4 Å². The number of imide groups is 1. The quantitative estimate of drug-likeness (QED) is 0.501. The first-order chi connectivity index (χ1) is 15.0. The van der Waals surface area contributed by atoms with Crippen molar-refractivity contribution in [3.05, 3.63) is 35.9 Å².